The second-order valence-electron chi connectivity index (χ2n) is 9.00. The number of nitrogens with zero attached hydrogens (tertiary/aromatic N) is 1. The first-order valence-corrected chi connectivity index (χ1v) is 9.51. The maximum Gasteiger partial charge on any atom is 0.408 e. The molecule has 2 N–H and O–H groups in total. The summed E-state index contributed by atoms with van der Waals surface area (Å²) < 4.78 is 10.4. The van der Waals surface area contributed by atoms with E-state index in [-0.39, 0.29) is 18.6 Å². The molecule has 0 aromatic rings. The van der Waals surface area contributed by atoms with Crippen molar-refractivity contribution < 1.29 is 29.0 Å². The van der Waals surface area contributed by atoms with Crippen molar-refractivity contribution in [2.45, 2.75) is 84.2 Å². The zero-order chi connectivity index (χ0) is 20.7. The van der Waals surface area contributed by atoms with E-state index in [4.69, 9.17) is 9.47 Å². The summed E-state index contributed by atoms with van der Waals surface area (Å²) in [5, 5.41) is 13.6. The highest BCUT2D eigenvalue weighted by Gasteiger charge is 2.70. The third-order valence-electron chi connectivity index (χ3n) is 5.07. The van der Waals surface area contributed by atoms with Gasteiger partial charge >= 0.3 is 12.1 Å². The van der Waals surface area contributed by atoms with Gasteiger partial charge < -0.3 is 24.8 Å². The molecule has 0 aliphatic carbocycles. The van der Waals surface area contributed by atoms with Crippen LogP contribution < -0.4 is 5.32 Å². The molecule has 0 saturated carbocycles. The number of aliphatic hydroxyl groups is 1. The number of carbonyl (C=O) groups excluding carboxylic acids is 3. The average molecular weight is 384 g/mol. The van der Waals surface area contributed by atoms with Crippen molar-refractivity contribution >= 4 is 18.0 Å². The number of cyclic esters (lactones) is 1. The third kappa shape index (κ3) is 3.77. The Kier molecular flexibility index (Phi) is 5.80. The molecule has 8 nitrogen and oxygen atoms in total. The highest BCUT2D eigenvalue weighted by Crippen LogP contribution is 2.44. The van der Waals surface area contributed by atoms with Gasteiger partial charge in [-0.15, -0.1) is 0 Å². The summed E-state index contributed by atoms with van der Waals surface area (Å²) in [6.45, 7) is 12.6. The number of ether oxygens (including phenoxy) is 2. The molecule has 154 valence electrons. The average Bonchev–Trinajstić information content (AvgIpc) is 2.91. The minimum atomic E-state index is -1.62. The first kappa shape index (κ1) is 21.5. The lowest BCUT2D eigenvalue weighted by Crippen LogP contribution is -2.87. The molecule has 0 radical (unpaired) electrons. The van der Waals surface area contributed by atoms with Gasteiger partial charge in [0.15, 0.2) is 5.54 Å². The molecule has 1 unspecified atom stereocenters. The summed E-state index contributed by atoms with van der Waals surface area (Å²) in [6, 6.07) is -0.881. The SMILES string of the molecule is CC(C)[C@H](O)[C@]1(NC(=O)OC(C)(C)C)C(=O)N(C(C)C)C1[C@H]1CCOC1=O. The lowest BCUT2D eigenvalue weighted by atomic mass is 9.65. The first-order chi connectivity index (χ1) is 12.3. The van der Waals surface area contributed by atoms with Crippen molar-refractivity contribution in [1.29, 1.82) is 0 Å². The highest BCUT2D eigenvalue weighted by atomic mass is 16.6. The van der Waals surface area contributed by atoms with E-state index in [1.54, 1.807) is 39.5 Å². The number of rotatable bonds is 5. The quantitative estimate of drug-likeness (QED) is 0.549. The van der Waals surface area contributed by atoms with Gasteiger partial charge in [0, 0.05) is 6.04 Å². The van der Waals surface area contributed by atoms with Crippen molar-refractivity contribution in [3.63, 3.8) is 0 Å². The molecule has 27 heavy (non-hydrogen) atoms. The minimum Gasteiger partial charge on any atom is -0.465 e. The summed E-state index contributed by atoms with van der Waals surface area (Å²) in [5.74, 6) is -1.75. The maximum atomic E-state index is 13.2. The van der Waals surface area contributed by atoms with Crippen LogP contribution in [0.25, 0.3) is 0 Å². The number of likely N-dealkylation sites (tertiary alicyclic amines) is 1. The van der Waals surface area contributed by atoms with E-state index in [0.29, 0.717) is 6.42 Å². The zero-order valence-corrected chi connectivity index (χ0v) is 17.2. The van der Waals surface area contributed by atoms with Crippen LogP contribution in [0.4, 0.5) is 4.79 Å². The van der Waals surface area contributed by atoms with Crippen LogP contribution in [0.3, 0.4) is 0 Å². The van der Waals surface area contributed by atoms with Gasteiger partial charge in [-0.25, -0.2) is 4.79 Å². The molecule has 0 aromatic heterocycles. The standard InChI is InChI=1S/C19H32N2O6/c1-10(2)14(22)19(20-17(25)27-18(5,6)7)13(12-8-9-26-15(12)23)21(11(3)4)16(19)24/h10-14,22H,8-9H2,1-7H3,(H,20,25)/t12-,13?,14+,19+/m1/s1. The summed E-state index contributed by atoms with van der Waals surface area (Å²) >= 11 is 0. The number of β-lactam (4-membered cyclic amide) rings is 1. The minimum absolute atomic E-state index is 0.191. The Labute approximate surface area is 160 Å². The summed E-state index contributed by atoms with van der Waals surface area (Å²) in [5.41, 5.74) is -2.38. The predicted molar refractivity (Wildman–Crippen MR) is 97.8 cm³/mol. The lowest BCUT2D eigenvalue weighted by Gasteiger charge is -2.61. The van der Waals surface area contributed by atoms with Crippen molar-refractivity contribution in [1.82, 2.24) is 10.2 Å². The fourth-order valence-electron chi connectivity index (χ4n) is 3.99. The van der Waals surface area contributed by atoms with Crippen LogP contribution in [0.5, 0.6) is 0 Å². The van der Waals surface area contributed by atoms with E-state index in [1.807, 2.05) is 13.8 Å². The zero-order valence-electron chi connectivity index (χ0n) is 17.2. The summed E-state index contributed by atoms with van der Waals surface area (Å²) in [7, 11) is 0. The van der Waals surface area contributed by atoms with Gasteiger partial charge in [0.25, 0.3) is 5.91 Å². The molecular weight excluding hydrogens is 352 g/mol. The van der Waals surface area contributed by atoms with Crippen LogP contribution >= 0.6 is 0 Å². The number of nitrogens with one attached hydrogen (secondary N) is 1. The topological polar surface area (TPSA) is 105 Å². The van der Waals surface area contributed by atoms with Crippen molar-refractivity contribution in [2.24, 2.45) is 11.8 Å². The molecular formula is C19H32N2O6. The van der Waals surface area contributed by atoms with Crippen molar-refractivity contribution in [3.05, 3.63) is 0 Å². The molecule has 0 aromatic carbocycles. The van der Waals surface area contributed by atoms with E-state index in [1.165, 1.54) is 0 Å². The van der Waals surface area contributed by atoms with Crippen molar-refractivity contribution in [2.75, 3.05) is 6.61 Å². The van der Waals surface area contributed by atoms with Crippen LogP contribution in [0.1, 0.15) is 54.9 Å². The Bertz CT molecular complexity index is 610. The second-order valence-corrected chi connectivity index (χ2v) is 9.00. The van der Waals surface area contributed by atoms with Gasteiger partial charge in [0.05, 0.1) is 24.7 Å². The fraction of sp³-hybridized carbons (Fsp3) is 0.842. The normalized spacial score (nSPS) is 29.6. The molecule has 0 spiro atoms. The van der Waals surface area contributed by atoms with Gasteiger partial charge in [-0.05, 0) is 47.0 Å². The lowest BCUT2D eigenvalue weighted by molar-refractivity contribution is -0.189. The number of carbonyl (C=O) groups is 3. The Morgan fingerprint density at radius 2 is 1.89 bits per heavy atom. The smallest absolute Gasteiger partial charge is 0.408 e. The van der Waals surface area contributed by atoms with E-state index in [0.717, 1.165) is 0 Å². The third-order valence-corrected chi connectivity index (χ3v) is 5.07. The molecule has 2 rings (SSSR count). The Morgan fingerprint density at radius 1 is 1.30 bits per heavy atom. The number of alkyl carbamates (subject to hydrolysis) is 1. The molecule has 2 aliphatic heterocycles. The molecule has 4 atom stereocenters. The molecule has 8 heteroatoms. The fourth-order valence-corrected chi connectivity index (χ4v) is 3.99. The largest absolute Gasteiger partial charge is 0.465 e. The Balaban J connectivity index is 2.47. The summed E-state index contributed by atoms with van der Waals surface area (Å²) in [4.78, 5) is 39.6. The molecule has 2 fully saturated rings. The summed E-state index contributed by atoms with van der Waals surface area (Å²) in [6.07, 6.45) is -1.54. The van der Waals surface area contributed by atoms with Crippen LogP contribution in [-0.2, 0) is 19.1 Å². The maximum absolute atomic E-state index is 13.2. The van der Waals surface area contributed by atoms with Crippen molar-refractivity contribution in [3.8, 4) is 0 Å². The molecule has 2 heterocycles. The molecule has 2 aliphatic rings. The number of hydrogen-bond donors (Lipinski definition) is 2. The van der Waals surface area contributed by atoms with Crippen LogP contribution in [0.2, 0.25) is 0 Å². The molecule has 0 bridgehead atoms. The highest BCUT2D eigenvalue weighted by molar-refractivity contribution is 5.99. The Morgan fingerprint density at radius 3 is 2.30 bits per heavy atom. The van der Waals surface area contributed by atoms with Crippen LogP contribution in [0, 0.1) is 11.8 Å². The van der Waals surface area contributed by atoms with Gasteiger partial charge in [-0.3, -0.25) is 9.59 Å². The Hall–Kier alpha value is -1.83. The van der Waals surface area contributed by atoms with E-state index < -0.39 is 47.2 Å². The van der Waals surface area contributed by atoms with E-state index in [2.05, 4.69) is 5.32 Å². The van der Waals surface area contributed by atoms with E-state index in [9.17, 15) is 19.5 Å². The second kappa shape index (κ2) is 7.30. The molecule has 2 saturated heterocycles. The predicted octanol–water partition coefficient (Wildman–Crippen LogP) is 1.45. The van der Waals surface area contributed by atoms with Gasteiger partial charge in [0.2, 0.25) is 0 Å². The van der Waals surface area contributed by atoms with Crippen LogP contribution in [-0.4, -0.2) is 63.9 Å². The molecule has 2 amide bonds. The van der Waals surface area contributed by atoms with Gasteiger partial charge in [0.1, 0.15) is 5.60 Å². The van der Waals surface area contributed by atoms with Crippen LogP contribution in [0.15, 0.2) is 0 Å². The van der Waals surface area contributed by atoms with Gasteiger partial charge in [-0.1, -0.05) is 13.8 Å². The van der Waals surface area contributed by atoms with Gasteiger partial charge in [-0.2, -0.15) is 0 Å². The number of amides is 2. The monoisotopic (exact) mass is 384 g/mol. The first-order valence-electron chi connectivity index (χ1n) is 9.51. The number of esters is 1. The number of hydrogen-bond acceptors (Lipinski definition) is 6. The van der Waals surface area contributed by atoms with E-state index >= 15 is 0 Å². The number of aliphatic hydroxyl groups excluding tert-OH is 1.